The van der Waals surface area contributed by atoms with Crippen molar-refractivity contribution in [3.8, 4) is 11.4 Å². The van der Waals surface area contributed by atoms with E-state index < -0.39 is 0 Å². The Kier molecular flexibility index (Phi) is 6.17. The second-order valence-corrected chi connectivity index (χ2v) is 7.72. The highest BCUT2D eigenvalue weighted by molar-refractivity contribution is 5.85. The number of carbonyl (C=O) groups excluding carboxylic acids is 1. The molecule has 1 atom stereocenters. The Labute approximate surface area is 165 Å². The molecule has 146 valence electrons. The minimum atomic E-state index is 0. The molecule has 0 spiro atoms. The number of nitrogens with zero attached hydrogens (tertiary/aromatic N) is 3. The van der Waals surface area contributed by atoms with Gasteiger partial charge in [0, 0.05) is 31.1 Å². The van der Waals surface area contributed by atoms with Gasteiger partial charge in [0.1, 0.15) is 0 Å². The van der Waals surface area contributed by atoms with Crippen molar-refractivity contribution < 1.29 is 9.32 Å². The predicted octanol–water partition coefficient (Wildman–Crippen LogP) is 3.51. The van der Waals surface area contributed by atoms with Gasteiger partial charge in [0.2, 0.25) is 17.6 Å². The smallest absolute Gasteiger partial charge is 0.232 e. The van der Waals surface area contributed by atoms with Crippen LogP contribution in [-0.2, 0) is 11.3 Å². The molecule has 4 rings (SSSR count). The lowest BCUT2D eigenvalue weighted by molar-refractivity contribution is -0.130. The molecular formula is C20H27ClN4O2. The number of carbonyl (C=O) groups is 1. The molecule has 1 unspecified atom stereocenters. The molecule has 0 radical (unpaired) electrons. The lowest BCUT2D eigenvalue weighted by Crippen LogP contribution is -2.38. The summed E-state index contributed by atoms with van der Waals surface area (Å²) in [5.74, 6) is 2.15. The first-order valence-electron chi connectivity index (χ1n) is 9.56. The number of nitrogens with two attached hydrogens (primary N) is 1. The summed E-state index contributed by atoms with van der Waals surface area (Å²) in [5, 5.41) is 4.11. The van der Waals surface area contributed by atoms with Crippen LogP contribution in [0.5, 0.6) is 0 Å². The van der Waals surface area contributed by atoms with Crippen LogP contribution in [-0.4, -0.2) is 33.5 Å². The van der Waals surface area contributed by atoms with Crippen molar-refractivity contribution in [2.45, 2.75) is 57.5 Å². The SMILES string of the molecule is CC1CCC(N2CC(c3nc(-c4ccc(CN)cc4)no3)CC2=O)CC1.Cl. The van der Waals surface area contributed by atoms with Crippen LogP contribution in [0.15, 0.2) is 28.8 Å². The van der Waals surface area contributed by atoms with Crippen LogP contribution >= 0.6 is 12.4 Å². The van der Waals surface area contributed by atoms with Crippen LogP contribution in [0.4, 0.5) is 0 Å². The number of aromatic nitrogens is 2. The first-order chi connectivity index (χ1) is 12.6. The summed E-state index contributed by atoms with van der Waals surface area (Å²) in [7, 11) is 0. The molecule has 2 fully saturated rings. The van der Waals surface area contributed by atoms with E-state index >= 15 is 0 Å². The Hall–Kier alpha value is -1.92. The van der Waals surface area contributed by atoms with Crippen LogP contribution in [0.2, 0.25) is 0 Å². The molecule has 0 bridgehead atoms. The molecule has 2 N–H and O–H groups in total. The molecule has 1 saturated heterocycles. The van der Waals surface area contributed by atoms with E-state index in [1.54, 1.807) is 0 Å². The number of likely N-dealkylation sites (tertiary alicyclic amines) is 1. The summed E-state index contributed by atoms with van der Waals surface area (Å²) in [6.45, 7) is 3.51. The second kappa shape index (κ2) is 8.40. The zero-order valence-electron chi connectivity index (χ0n) is 15.6. The van der Waals surface area contributed by atoms with Crippen LogP contribution in [0.25, 0.3) is 11.4 Å². The maximum atomic E-state index is 12.5. The summed E-state index contributed by atoms with van der Waals surface area (Å²) in [6.07, 6.45) is 5.12. The number of benzene rings is 1. The molecule has 1 aromatic heterocycles. The molecule has 2 aromatic rings. The maximum absolute atomic E-state index is 12.5. The fraction of sp³-hybridized carbons (Fsp3) is 0.550. The minimum Gasteiger partial charge on any atom is -0.339 e. The second-order valence-electron chi connectivity index (χ2n) is 7.72. The first-order valence-corrected chi connectivity index (χ1v) is 9.56. The van der Waals surface area contributed by atoms with E-state index in [4.69, 9.17) is 10.3 Å². The summed E-state index contributed by atoms with van der Waals surface area (Å²) >= 11 is 0. The van der Waals surface area contributed by atoms with Crippen molar-refractivity contribution in [1.29, 1.82) is 0 Å². The molecule has 2 aliphatic rings. The number of rotatable bonds is 4. The average Bonchev–Trinajstić information content (AvgIpc) is 3.29. The summed E-state index contributed by atoms with van der Waals surface area (Å²) < 4.78 is 5.50. The van der Waals surface area contributed by atoms with Gasteiger partial charge in [0.25, 0.3) is 0 Å². The Bertz CT molecular complexity index is 769. The summed E-state index contributed by atoms with van der Waals surface area (Å²) in [4.78, 5) is 19.1. The van der Waals surface area contributed by atoms with Crippen molar-refractivity contribution in [2.75, 3.05) is 6.54 Å². The maximum Gasteiger partial charge on any atom is 0.232 e. The van der Waals surface area contributed by atoms with Crippen LogP contribution in [0.3, 0.4) is 0 Å². The van der Waals surface area contributed by atoms with E-state index in [2.05, 4.69) is 22.0 Å². The van der Waals surface area contributed by atoms with Gasteiger partial charge in [-0.05, 0) is 37.2 Å². The normalized spacial score (nSPS) is 25.5. The fourth-order valence-electron chi connectivity index (χ4n) is 4.11. The third kappa shape index (κ3) is 4.17. The highest BCUT2D eigenvalue weighted by Crippen LogP contribution is 2.34. The van der Waals surface area contributed by atoms with Gasteiger partial charge in [-0.2, -0.15) is 4.98 Å². The van der Waals surface area contributed by atoms with E-state index in [0.717, 1.165) is 29.9 Å². The van der Waals surface area contributed by atoms with Crippen LogP contribution < -0.4 is 5.73 Å². The quantitative estimate of drug-likeness (QED) is 0.863. The van der Waals surface area contributed by atoms with Gasteiger partial charge in [-0.25, -0.2) is 0 Å². The molecule has 1 aliphatic heterocycles. The van der Waals surface area contributed by atoms with Crippen molar-refractivity contribution in [3.63, 3.8) is 0 Å². The molecule has 27 heavy (non-hydrogen) atoms. The lowest BCUT2D eigenvalue weighted by Gasteiger charge is -2.33. The molecule has 1 saturated carbocycles. The largest absolute Gasteiger partial charge is 0.339 e. The predicted molar refractivity (Wildman–Crippen MR) is 105 cm³/mol. The number of hydrogen-bond acceptors (Lipinski definition) is 5. The third-order valence-corrected chi connectivity index (χ3v) is 5.82. The molecule has 7 heteroatoms. The van der Waals surface area contributed by atoms with Gasteiger partial charge in [0.15, 0.2) is 0 Å². The average molecular weight is 391 g/mol. The molecule has 6 nitrogen and oxygen atoms in total. The van der Waals surface area contributed by atoms with Gasteiger partial charge < -0.3 is 15.2 Å². The van der Waals surface area contributed by atoms with E-state index in [1.807, 2.05) is 24.3 Å². The van der Waals surface area contributed by atoms with Gasteiger partial charge in [0.05, 0.1) is 5.92 Å². The highest BCUT2D eigenvalue weighted by atomic mass is 35.5. The Morgan fingerprint density at radius 1 is 1.19 bits per heavy atom. The van der Waals surface area contributed by atoms with Gasteiger partial charge >= 0.3 is 0 Å². The van der Waals surface area contributed by atoms with Gasteiger partial charge in [-0.1, -0.05) is 36.3 Å². The molecule has 1 amide bonds. The van der Waals surface area contributed by atoms with Crippen LogP contribution in [0, 0.1) is 5.92 Å². The number of hydrogen-bond donors (Lipinski definition) is 1. The zero-order chi connectivity index (χ0) is 18.1. The fourth-order valence-corrected chi connectivity index (χ4v) is 4.11. The van der Waals surface area contributed by atoms with E-state index in [1.165, 1.54) is 12.8 Å². The number of amides is 1. The standard InChI is InChI=1S/C20H26N4O2.ClH/c1-13-2-8-17(9-3-13)24-12-16(10-18(24)25)20-22-19(23-26-20)15-6-4-14(11-21)5-7-15;/h4-7,13,16-17H,2-3,8-12,21H2,1H3;1H. The zero-order valence-corrected chi connectivity index (χ0v) is 16.5. The Morgan fingerprint density at radius 3 is 2.56 bits per heavy atom. The minimum absolute atomic E-state index is 0. The molecule has 2 heterocycles. The van der Waals surface area contributed by atoms with E-state index in [0.29, 0.717) is 37.3 Å². The third-order valence-electron chi connectivity index (χ3n) is 5.82. The van der Waals surface area contributed by atoms with Crippen molar-refractivity contribution in [1.82, 2.24) is 15.0 Å². The van der Waals surface area contributed by atoms with E-state index in [-0.39, 0.29) is 24.2 Å². The Balaban J connectivity index is 0.00000210. The Morgan fingerprint density at radius 2 is 1.89 bits per heavy atom. The van der Waals surface area contributed by atoms with Crippen molar-refractivity contribution in [2.24, 2.45) is 11.7 Å². The van der Waals surface area contributed by atoms with Crippen molar-refractivity contribution in [3.05, 3.63) is 35.7 Å². The van der Waals surface area contributed by atoms with Crippen molar-refractivity contribution >= 4 is 18.3 Å². The summed E-state index contributed by atoms with van der Waals surface area (Å²) in [6, 6.07) is 8.22. The molecule has 1 aliphatic carbocycles. The molecular weight excluding hydrogens is 364 g/mol. The van der Waals surface area contributed by atoms with Gasteiger partial charge in [-0.3, -0.25) is 4.79 Å². The highest BCUT2D eigenvalue weighted by Gasteiger charge is 2.38. The topological polar surface area (TPSA) is 85.2 Å². The van der Waals surface area contributed by atoms with E-state index in [9.17, 15) is 4.79 Å². The first kappa shape index (κ1) is 19.8. The monoisotopic (exact) mass is 390 g/mol. The summed E-state index contributed by atoms with van der Waals surface area (Å²) in [5.41, 5.74) is 7.60. The lowest BCUT2D eigenvalue weighted by atomic mass is 9.87. The van der Waals surface area contributed by atoms with Crippen LogP contribution in [0.1, 0.15) is 56.4 Å². The van der Waals surface area contributed by atoms with Gasteiger partial charge in [-0.15, -0.1) is 12.4 Å². The molecule has 1 aromatic carbocycles. The number of halogens is 1.